The van der Waals surface area contributed by atoms with Gasteiger partial charge in [0.15, 0.2) is 0 Å². The third-order valence-corrected chi connectivity index (χ3v) is 4.52. The molecule has 3 amide bonds. The van der Waals surface area contributed by atoms with E-state index < -0.39 is 60.8 Å². The molecule has 0 heterocycles. The predicted octanol–water partition coefficient (Wildman–Crippen LogP) is -1.87. The second-order valence-corrected chi connectivity index (χ2v) is 7.03. The lowest BCUT2D eigenvalue weighted by Gasteiger charge is -2.26. The van der Waals surface area contributed by atoms with Gasteiger partial charge in [0, 0.05) is 0 Å². The SMILES string of the molecule is CCC(C)C(NC(=O)C(CC(=O)O)NC(=O)C(N)CCCCN)C(=O)NCC(=O)O. The fourth-order valence-corrected chi connectivity index (χ4v) is 2.53. The van der Waals surface area contributed by atoms with Gasteiger partial charge >= 0.3 is 11.9 Å². The molecule has 0 rings (SSSR count). The van der Waals surface area contributed by atoms with Gasteiger partial charge in [0.2, 0.25) is 17.7 Å². The van der Waals surface area contributed by atoms with E-state index in [0.29, 0.717) is 32.2 Å². The third kappa shape index (κ3) is 10.7. The Labute approximate surface area is 175 Å². The minimum absolute atomic E-state index is 0.317. The van der Waals surface area contributed by atoms with Crippen LogP contribution in [-0.2, 0) is 24.0 Å². The molecule has 172 valence electrons. The smallest absolute Gasteiger partial charge is 0.322 e. The van der Waals surface area contributed by atoms with Gasteiger partial charge in [0.05, 0.1) is 12.5 Å². The molecule has 30 heavy (non-hydrogen) atoms. The van der Waals surface area contributed by atoms with Gasteiger partial charge in [-0.1, -0.05) is 26.7 Å². The monoisotopic (exact) mass is 431 g/mol. The van der Waals surface area contributed by atoms with Gasteiger partial charge in [-0.05, 0) is 25.3 Å². The number of hydrogen-bond acceptors (Lipinski definition) is 7. The second kappa shape index (κ2) is 14.3. The summed E-state index contributed by atoms with van der Waals surface area (Å²) in [4.78, 5) is 59.0. The molecular formula is C18H33N5O7. The van der Waals surface area contributed by atoms with Crippen LogP contribution in [0.5, 0.6) is 0 Å². The third-order valence-electron chi connectivity index (χ3n) is 4.52. The summed E-state index contributed by atoms with van der Waals surface area (Å²) in [6.45, 7) is 3.25. The fraction of sp³-hybridized carbons (Fsp3) is 0.722. The molecule has 0 radical (unpaired) electrons. The Kier molecular flexibility index (Phi) is 13.0. The van der Waals surface area contributed by atoms with Gasteiger partial charge in [-0.15, -0.1) is 0 Å². The Balaban J connectivity index is 5.23. The maximum Gasteiger partial charge on any atom is 0.322 e. The first-order chi connectivity index (χ1) is 14.0. The second-order valence-electron chi connectivity index (χ2n) is 7.03. The van der Waals surface area contributed by atoms with Crippen LogP contribution in [0, 0.1) is 5.92 Å². The van der Waals surface area contributed by atoms with Crippen molar-refractivity contribution in [3.8, 4) is 0 Å². The number of aliphatic carboxylic acids is 2. The summed E-state index contributed by atoms with van der Waals surface area (Å²) < 4.78 is 0. The van der Waals surface area contributed by atoms with Gasteiger partial charge in [-0.2, -0.15) is 0 Å². The molecule has 0 spiro atoms. The molecule has 4 unspecified atom stereocenters. The van der Waals surface area contributed by atoms with Gasteiger partial charge in [0.25, 0.3) is 0 Å². The van der Waals surface area contributed by atoms with Crippen LogP contribution < -0.4 is 27.4 Å². The van der Waals surface area contributed by atoms with Crippen molar-refractivity contribution in [1.82, 2.24) is 16.0 Å². The number of carboxylic acid groups (broad SMARTS) is 2. The van der Waals surface area contributed by atoms with Crippen molar-refractivity contribution in [3.05, 3.63) is 0 Å². The molecule has 9 N–H and O–H groups in total. The number of nitrogens with one attached hydrogen (secondary N) is 3. The molecule has 12 nitrogen and oxygen atoms in total. The van der Waals surface area contributed by atoms with Crippen LogP contribution in [0.1, 0.15) is 46.0 Å². The predicted molar refractivity (Wildman–Crippen MR) is 107 cm³/mol. The van der Waals surface area contributed by atoms with Gasteiger partial charge in [-0.3, -0.25) is 24.0 Å². The number of hydrogen-bond donors (Lipinski definition) is 7. The van der Waals surface area contributed by atoms with Gasteiger partial charge in [-0.25, -0.2) is 0 Å². The number of carbonyl (C=O) groups excluding carboxylic acids is 3. The number of rotatable bonds is 15. The van der Waals surface area contributed by atoms with Crippen LogP contribution >= 0.6 is 0 Å². The van der Waals surface area contributed by atoms with Crippen LogP contribution in [0.4, 0.5) is 0 Å². The molecule has 12 heteroatoms. The molecular weight excluding hydrogens is 398 g/mol. The summed E-state index contributed by atoms with van der Waals surface area (Å²) in [5, 5.41) is 24.7. The molecule has 0 aliphatic carbocycles. The Hall–Kier alpha value is -2.73. The molecule has 0 aromatic carbocycles. The van der Waals surface area contributed by atoms with E-state index >= 15 is 0 Å². The van der Waals surface area contributed by atoms with Crippen molar-refractivity contribution >= 4 is 29.7 Å². The van der Waals surface area contributed by atoms with Crippen LogP contribution in [0.15, 0.2) is 0 Å². The molecule has 0 fully saturated rings. The van der Waals surface area contributed by atoms with E-state index in [1.54, 1.807) is 13.8 Å². The molecule has 0 bridgehead atoms. The molecule has 0 saturated heterocycles. The van der Waals surface area contributed by atoms with E-state index in [1.807, 2.05) is 0 Å². The van der Waals surface area contributed by atoms with E-state index in [0.717, 1.165) is 0 Å². The van der Waals surface area contributed by atoms with E-state index in [9.17, 15) is 24.0 Å². The summed E-state index contributed by atoms with van der Waals surface area (Å²) in [6, 6.07) is -3.49. The van der Waals surface area contributed by atoms with Crippen molar-refractivity contribution in [2.75, 3.05) is 13.1 Å². The van der Waals surface area contributed by atoms with E-state index in [2.05, 4.69) is 16.0 Å². The van der Waals surface area contributed by atoms with Gasteiger partial charge in [0.1, 0.15) is 18.6 Å². The zero-order valence-electron chi connectivity index (χ0n) is 17.3. The topological polar surface area (TPSA) is 214 Å². The lowest BCUT2D eigenvalue weighted by atomic mass is 9.97. The normalized spacial score (nSPS) is 14.7. The Morgan fingerprint density at radius 3 is 2.07 bits per heavy atom. The summed E-state index contributed by atoms with van der Waals surface area (Å²) >= 11 is 0. The maximum absolute atomic E-state index is 12.6. The zero-order chi connectivity index (χ0) is 23.3. The minimum atomic E-state index is -1.45. The fourth-order valence-electron chi connectivity index (χ4n) is 2.53. The van der Waals surface area contributed by atoms with E-state index in [1.165, 1.54) is 0 Å². The van der Waals surface area contributed by atoms with Crippen molar-refractivity contribution in [1.29, 1.82) is 0 Å². The highest BCUT2D eigenvalue weighted by molar-refractivity contribution is 5.95. The molecule has 0 aromatic heterocycles. The number of amides is 3. The molecule has 0 aliphatic heterocycles. The van der Waals surface area contributed by atoms with E-state index in [4.69, 9.17) is 21.7 Å². The Morgan fingerprint density at radius 2 is 1.57 bits per heavy atom. The molecule has 0 saturated carbocycles. The van der Waals surface area contributed by atoms with Crippen molar-refractivity contribution < 1.29 is 34.2 Å². The summed E-state index contributed by atoms with van der Waals surface area (Å²) in [6.07, 6.45) is 1.35. The Bertz CT molecular complexity index is 614. The maximum atomic E-state index is 12.6. The molecule has 4 atom stereocenters. The summed E-state index contributed by atoms with van der Waals surface area (Å²) in [7, 11) is 0. The van der Waals surface area contributed by atoms with Gasteiger partial charge < -0.3 is 37.6 Å². The highest BCUT2D eigenvalue weighted by Gasteiger charge is 2.31. The molecule has 0 aliphatic rings. The number of unbranched alkanes of at least 4 members (excludes halogenated alkanes) is 1. The summed E-state index contributed by atoms with van der Waals surface area (Å²) in [5.74, 6) is -5.25. The first-order valence-electron chi connectivity index (χ1n) is 9.81. The standard InChI is InChI=1S/C18H33N5O7/c1-3-10(2)15(18(30)21-9-14(26)27)23-17(29)12(8-13(24)25)22-16(28)11(20)6-4-5-7-19/h10-12,15H,3-9,19-20H2,1-2H3,(H,21,30)(H,22,28)(H,23,29)(H,24,25)(H,26,27). The number of carbonyl (C=O) groups is 5. The zero-order valence-corrected chi connectivity index (χ0v) is 17.3. The lowest BCUT2D eigenvalue weighted by Crippen LogP contribution is -2.58. The van der Waals surface area contributed by atoms with Crippen LogP contribution in [0.2, 0.25) is 0 Å². The lowest BCUT2D eigenvalue weighted by molar-refractivity contribution is -0.142. The first kappa shape index (κ1) is 27.3. The summed E-state index contributed by atoms with van der Waals surface area (Å²) in [5.41, 5.74) is 11.2. The van der Waals surface area contributed by atoms with Crippen molar-refractivity contribution in [3.63, 3.8) is 0 Å². The average molecular weight is 431 g/mol. The van der Waals surface area contributed by atoms with Crippen molar-refractivity contribution in [2.45, 2.75) is 64.1 Å². The molecule has 0 aromatic rings. The van der Waals surface area contributed by atoms with Crippen LogP contribution in [0.25, 0.3) is 0 Å². The quantitative estimate of drug-likeness (QED) is 0.144. The first-order valence-corrected chi connectivity index (χ1v) is 9.81. The largest absolute Gasteiger partial charge is 0.481 e. The van der Waals surface area contributed by atoms with E-state index in [-0.39, 0.29) is 5.92 Å². The minimum Gasteiger partial charge on any atom is -0.481 e. The van der Waals surface area contributed by atoms with Crippen molar-refractivity contribution in [2.24, 2.45) is 17.4 Å². The highest BCUT2D eigenvalue weighted by atomic mass is 16.4. The van der Waals surface area contributed by atoms with Crippen LogP contribution in [0.3, 0.4) is 0 Å². The Morgan fingerprint density at radius 1 is 0.933 bits per heavy atom. The number of nitrogens with two attached hydrogens (primary N) is 2. The highest BCUT2D eigenvalue weighted by Crippen LogP contribution is 2.09. The van der Waals surface area contributed by atoms with Crippen LogP contribution in [-0.4, -0.2) is 71.1 Å². The average Bonchev–Trinajstić information content (AvgIpc) is 2.68. The number of carboxylic acids is 2.